The molecule has 1 aromatic rings. The maximum absolute atomic E-state index is 12.4. The van der Waals surface area contributed by atoms with Gasteiger partial charge in [0, 0.05) is 30.9 Å². The third-order valence-corrected chi connectivity index (χ3v) is 3.31. The predicted octanol–water partition coefficient (Wildman–Crippen LogP) is 0.506. The minimum Gasteiger partial charge on any atom is -0.333 e. The van der Waals surface area contributed by atoms with E-state index in [1.165, 1.54) is 0 Å². The van der Waals surface area contributed by atoms with Gasteiger partial charge in [-0.05, 0) is 32.9 Å². The van der Waals surface area contributed by atoms with Crippen LogP contribution in [0, 0.1) is 6.92 Å². The van der Waals surface area contributed by atoms with Crippen LogP contribution >= 0.6 is 0 Å². The fraction of sp³-hybridized carbons (Fsp3) is 0.538. The van der Waals surface area contributed by atoms with E-state index in [0.717, 1.165) is 12.2 Å². The molecule has 2 rings (SSSR count). The van der Waals surface area contributed by atoms with Crippen molar-refractivity contribution < 1.29 is 4.79 Å². The molecule has 2 atom stereocenters. The number of aryl methyl sites for hydroxylation is 1. The van der Waals surface area contributed by atoms with Gasteiger partial charge in [0.05, 0.1) is 0 Å². The van der Waals surface area contributed by atoms with Crippen LogP contribution in [0.3, 0.4) is 0 Å². The standard InChI is InChI=1S/C13H19N3O2/c1-8-4-5-11(12(17)15-8)13(18)16-7-9(2)14-6-10(16)3/h4-5,9-10,14H,6-7H2,1-3H3,(H,15,17). The zero-order chi connectivity index (χ0) is 13.3. The van der Waals surface area contributed by atoms with Crippen molar-refractivity contribution in [3.05, 3.63) is 33.7 Å². The normalized spacial score (nSPS) is 24.1. The highest BCUT2D eigenvalue weighted by Gasteiger charge is 2.28. The second-order valence-corrected chi connectivity index (χ2v) is 5.00. The average molecular weight is 249 g/mol. The highest BCUT2D eigenvalue weighted by molar-refractivity contribution is 5.94. The number of hydrogen-bond acceptors (Lipinski definition) is 3. The fourth-order valence-electron chi connectivity index (χ4n) is 2.20. The molecular weight excluding hydrogens is 230 g/mol. The molecule has 0 aromatic carbocycles. The summed E-state index contributed by atoms with van der Waals surface area (Å²) in [6, 6.07) is 3.73. The Kier molecular flexibility index (Phi) is 3.52. The summed E-state index contributed by atoms with van der Waals surface area (Å²) in [6.07, 6.45) is 0. The van der Waals surface area contributed by atoms with Gasteiger partial charge in [-0.1, -0.05) is 0 Å². The van der Waals surface area contributed by atoms with Crippen LogP contribution in [0.4, 0.5) is 0 Å². The van der Waals surface area contributed by atoms with Crippen molar-refractivity contribution in [3.8, 4) is 0 Å². The Morgan fingerprint density at radius 1 is 1.39 bits per heavy atom. The predicted molar refractivity (Wildman–Crippen MR) is 69.8 cm³/mol. The van der Waals surface area contributed by atoms with Gasteiger partial charge in [0.15, 0.2) is 0 Å². The highest BCUT2D eigenvalue weighted by Crippen LogP contribution is 2.10. The minimum absolute atomic E-state index is 0.106. The summed E-state index contributed by atoms with van der Waals surface area (Å²) in [5.41, 5.74) is 0.679. The van der Waals surface area contributed by atoms with Gasteiger partial charge in [-0.2, -0.15) is 0 Å². The zero-order valence-corrected chi connectivity index (χ0v) is 11.0. The molecule has 0 aliphatic carbocycles. The lowest BCUT2D eigenvalue weighted by Crippen LogP contribution is -2.56. The largest absolute Gasteiger partial charge is 0.333 e. The molecular formula is C13H19N3O2. The average Bonchev–Trinajstić information content (AvgIpc) is 2.31. The molecule has 0 radical (unpaired) electrons. The summed E-state index contributed by atoms with van der Waals surface area (Å²) in [7, 11) is 0. The van der Waals surface area contributed by atoms with Gasteiger partial charge in [0.25, 0.3) is 11.5 Å². The molecule has 1 aliphatic heterocycles. The number of piperazine rings is 1. The molecule has 1 saturated heterocycles. The Morgan fingerprint density at radius 2 is 2.11 bits per heavy atom. The van der Waals surface area contributed by atoms with Crippen LogP contribution < -0.4 is 10.9 Å². The lowest BCUT2D eigenvalue weighted by molar-refractivity contribution is 0.0614. The summed E-state index contributed by atoms with van der Waals surface area (Å²) in [4.78, 5) is 28.6. The first-order chi connectivity index (χ1) is 8.49. The van der Waals surface area contributed by atoms with E-state index in [4.69, 9.17) is 0 Å². The first-order valence-corrected chi connectivity index (χ1v) is 6.23. The number of pyridine rings is 1. The van der Waals surface area contributed by atoms with Crippen LogP contribution in [0.25, 0.3) is 0 Å². The van der Waals surface area contributed by atoms with Gasteiger partial charge < -0.3 is 15.2 Å². The molecule has 1 amide bonds. The number of aromatic nitrogens is 1. The Labute approximate surface area is 106 Å². The third-order valence-electron chi connectivity index (χ3n) is 3.31. The van der Waals surface area contributed by atoms with Crippen LogP contribution in [0.2, 0.25) is 0 Å². The number of amides is 1. The van der Waals surface area contributed by atoms with E-state index < -0.39 is 0 Å². The molecule has 5 heteroatoms. The van der Waals surface area contributed by atoms with Crippen LogP contribution in [0.1, 0.15) is 29.9 Å². The van der Waals surface area contributed by atoms with Gasteiger partial charge in [0.2, 0.25) is 0 Å². The van der Waals surface area contributed by atoms with E-state index in [1.807, 2.05) is 13.8 Å². The highest BCUT2D eigenvalue weighted by atomic mass is 16.2. The van der Waals surface area contributed by atoms with E-state index >= 15 is 0 Å². The molecule has 98 valence electrons. The Hall–Kier alpha value is -1.62. The zero-order valence-electron chi connectivity index (χ0n) is 11.0. The minimum atomic E-state index is -0.307. The van der Waals surface area contributed by atoms with Crippen molar-refractivity contribution in [2.24, 2.45) is 0 Å². The van der Waals surface area contributed by atoms with Gasteiger partial charge in [-0.15, -0.1) is 0 Å². The monoisotopic (exact) mass is 249 g/mol. The number of carbonyl (C=O) groups is 1. The lowest BCUT2D eigenvalue weighted by atomic mass is 10.1. The molecule has 5 nitrogen and oxygen atoms in total. The lowest BCUT2D eigenvalue weighted by Gasteiger charge is -2.37. The second kappa shape index (κ2) is 4.94. The van der Waals surface area contributed by atoms with Gasteiger partial charge in [-0.25, -0.2) is 0 Å². The van der Waals surface area contributed by atoms with Crippen LogP contribution in [-0.4, -0.2) is 41.0 Å². The molecule has 1 aromatic heterocycles. The van der Waals surface area contributed by atoms with E-state index in [2.05, 4.69) is 10.3 Å². The van der Waals surface area contributed by atoms with Crippen LogP contribution in [0.5, 0.6) is 0 Å². The van der Waals surface area contributed by atoms with E-state index in [0.29, 0.717) is 6.54 Å². The molecule has 1 aliphatic rings. The first-order valence-electron chi connectivity index (χ1n) is 6.23. The Morgan fingerprint density at radius 3 is 2.78 bits per heavy atom. The van der Waals surface area contributed by atoms with Crippen molar-refractivity contribution in [3.63, 3.8) is 0 Å². The van der Waals surface area contributed by atoms with Crippen molar-refractivity contribution in [2.75, 3.05) is 13.1 Å². The van der Waals surface area contributed by atoms with Gasteiger partial charge >= 0.3 is 0 Å². The summed E-state index contributed by atoms with van der Waals surface area (Å²) < 4.78 is 0. The molecule has 0 bridgehead atoms. The molecule has 1 fully saturated rings. The number of hydrogen-bond donors (Lipinski definition) is 2. The van der Waals surface area contributed by atoms with Crippen molar-refractivity contribution >= 4 is 5.91 Å². The molecule has 2 N–H and O–H groups in total. The Balaban J connectivity index is 2.27. The van der Waals surface area contributed by atoms with Crippen LogP contribution in [-0.2, 0) is 0 Å². The van der Waals surface area contributed by atoms with Gasteiger partial charge in [0.1, 0.15) is 5.56 Å². The first kappa shape index (κ1) is 12.8. The topological polar surface area (TPSA) is 65.2 Å². The molecule has 18 heavy (non-hydrogen) atoms. The SMILES string of the molecule is Cc1ccc(C(=O)N2CC(C)NCC2C)c(=O)[nH]1. The van der Waals surface area contributed by atoms with E-state index in [-0.39, 0.29) is 29.1 Å². The molecule has 0 saturated carbocycles. The van der Waals surface area contributed by atoms with Gasteiger partial charge in [-0.3, -0.25) is 9.59 Å². The smallest absolute Gasteiger partial charge is 0.260 e. The summed E-state index contributed by atoms with van der Waals surface area (Å²) in [6.45, 7) is 7.21. The summed E-state index contributed by atoms with van der Waals surface area (Å²) >= 11 is 0. The van der Waals surface area contributed by atoms with Crippen LogP contribution in [0.15, 0.2) is 16.9 Å². The number of H-pyrrole nitrogens is 1. The fourth-order valence-corrected chi connectivity index (χ4v) is 2.20. The quantitative estimate of drug-likeness (QED) is 0.762. The Bertz CT molecular complexity index is 509. The number of nitrogens with zero attached hydrogens (tertiary/aromatic N) is 1. The number of carbonyl (C=O) groups excluding carboxylic acids is 1. The van der Waals surface area contributed by atoms with Crippen molar-refractivity contribution in [1.29, 1.82) is 0 Å². The number of rotatable bonds is 1. The van der Waals surface area contributed by atoms with Crippen molar-refractivity contribution in [2.45, 2.75) is 32.9 Å². The number of nitrogens with one attached hydrogen (secondary N) is 2. The second-order valence-electron chi connectivity index (χ2n) is 5.00. The molecule has 2 unspecified atom stereocenters. The summed E-state index contributed by atoms with van der Waals surface area (Å²) in [5, 5.41) is 3.31. The summed E-state index contributed by atoms with van der Waals surface area (Å²) in [5.74, 6) is -0.183. The van der Waals surface area contributed by atoms with E-state index in [9.17, 15) is 9.59 Å². The van der Waals surface area contributed by atoms with E-state index in [1.54, 1.807) is 24.0 Å². The van der Waals surface area contributed by atoms with Crippen molar-refractivity contribution in [1.82, 2.24) is 15.2 Å². The number of aromatic amines is 1. The maximum Gasteiger partial charge on any atom is 0.260 e. The molecule has 2 heterocycles. The molecule has 0 spiro atoms. The third kappa shape index (κ3) is 2.46. The maximum atomic E-state index is 12.4.